The Kier molecular flexibility index (Phi) is 4.36. The van der Waals surface area contributed by atoms with Crippen LogP contribution in [0.3, 0.4) is 0 Å². The molecule has 0 aliphatic carbocycles. The molecule has 0 amide bonds. The molecule has 0 fully saturated rings. The van der Waals surface area contributed by atoms with Crippen molar-refractivity contribution in [3.8, 4) is 0 Å². The monoisotopic (exact) mass is 268 g/mol. The smallest absolute Gasteiger partial charge is 0.205 e. The van der Waals surface area contributed by atoms with Crippen LogP contribution in [0, 0.1) is 0 Å². The van der Waals surface area contributed by atoms with Gasteiger partial charge in [-0.15, -0.1) is 0 Å². The summed E-state index contributed by atoms with van der Waals surface area (Å²) in [6.45, 7) is 2.65. The highest BCUT2D eigenvalue weighted by Gasteiger charge is 2.74. The summed E-state index contributed by atoms with van der Waals surface area (Å²) in [5.74, 6) is -15.2. The van der Waals surface area contributed by atoms with Gasteiger partial charge in [0.25, 0.3) is 0 Å². The van der Waals surface area contributed by atoms with E-state index in [1.807, 2.05) is 0 Å². The lowest BCUT2D eigenvalue weighted by Crippen LogP contribution is -2.52. The first kappa shape index (κ1) is 15.9. The minimum Gasteiger partial charge on any atom is -0.205 e. The van der Waals surface area contributed by atoms with Gasteiger partial charge in [0.05, 0.1) is 0 Å². The molecule has 0 saturated heterocycles. The van der Waals surface area contributed by atoms with Crippen LogP contribution in [0.2, 0.25) is 0 Å². The Morgan fingerprint density at radius 1 is 0.824 bits per heavy atom. The fourth-order valence-corrected chi connectivity index (χ4v) is 0.672. The molecular formula is C9H8F8. The van der Waals surface area contributed by atoms with Crippen LogP contribution in [0.1, 0.15) is 13.8 Å². The maximum atomic E-state index is 12.7. The molecule has 0 spiro atoms. The Morgan fingerprint density at radius 3 is 1.53 bits per heavy atom. The topological polar surface area (TPSA) is 0 Å². The fraction of sp³-hybridized carbons (Fsp3) is 0.556. The Morgan fingerprint density at radius 2 is 1.24 bits per heavy atom. The molecule has 8 heteroatoms. The molecule has 100 valence electrons. The lowest BCUT2D eigenvalue weighted by molar-refractivity contribution is -0.347. The van der Waals surface area contributed by atoms with Crippen LogP contribution in [0.4, 0.5) is 35.1 Å². The zero-order valence-corrected chi connectivity index (χ0v) is 8.68. The van der Waals surface area contributed by atoms with Crippen molar-refractivity contribution in [1.29, 1.82) is 0 Å². The van der Waals surface area contributed by atoms with E-state index in [0.29, 0.717) is 6.08 Å². The molecule has 0 unspecified atom stereocenters. The number of hydrogen-bond donors (Lipinski definition) is 0. The van der Waals surface area contributed by atoms with Gasteiger partial charge in [0, 0.05) is 0 Å². The molecule has 0 aromatic rings. The zero-order chi connectivity index (χ0) is 14.1. The first-order valence-electron chi connectivity index (χ1n) is 4.17. The molecule has 0 aliphatic rings. The zero-order valence-electron chi connectivity index (χ0n) is 8.68. The molecule has 17 heavy (non-hydrogen) atoms. The Hall–Kier alpha value is -1.08. The molecule has 0 nitrogen and oxygen atoms in total. The minimum absolute atomic E-state index is 0.116. The molecule has 0 radical (unpaired) electrons. The third-order valence-electron chi connectivity index (χ3n) is 1.61. The van der Waals surface area contributed by atoms with Crippen molar-refractivity contribution >= 4 is 0 Å². The summed E-state index contributed by atoms with van der Waals surface area (Å²) < 4.78 is 97.4. The van der Waals surface area contributed by atoms with Crippen molar-refractivity contribution in [3.63, 3.8) is 0 Å². The standard InChI is InChI=1S/C9H8F8/c1-5(2)3-4-6(10)7(11,12)8(13,14)9(15,16)17/h3-4H,1-2H3. The Balaban J connectivity index is 5.42. The van der Waals surface area contributed by atoms with Crippen LogP contribution in [0.15, 0.2) is 23.6 Å². The summed E-state index contributed by atoms with van der Waals surface area (Å²) in [4.78, 5) is 0. The average Bonchev–Trinajstić information content (AvgIpc) is 2.11. The number of halogens is 8. The Bertz CT molecular complexity index is 329. The van der Waals surface area contributed by atoms with Crippen molar-refractivity contribution in [2.45, 2.75) is 31.9 Å². The van der Waals surface area contributed by atoms with Crippen LogP contribution in [0.5, 0.6) is 0 Å². The number of alkyl halides is 7. The van der Waals surface area contributed by atoms with E-state index in [2.05, 4.69) is 0 Å². The maximum Gasteiger partial charge on any atom is 0.460 e. The molecule has 0 N–H and O–H groups in total. The number of rotatable bonds is 3. The van der Waals surface area contributed by atoms with Gasteiger partial charge in [0.2, 0.25) is 0 Å². The Labute approximate surface area is 91.6 Å². The van der Waals surface area contributed by atoms with Gasteiger partial charge in [-0.25, -0.2) is 4.39 Å². The summed E-state index contributed by atoms with van der Waals surface area (Å²) in [7, 11) is 0. The van der Waals surface area contributed by atoms with Gasteiger partial charge in [-0.1, -0.05) is 11.6 Å². The van der Waals surface area contributed by atoms with E-state index < -0.39 is 23.8 Å². The first-order valence-corrected chi connectivity index (χ1v) is 4.17. The van der Waals surface area contributed by atoms with Crippen LogP contribution < -0.4 is 0 Å². The fourth-order valence-electron chi connectivity index (χ4n) is 0.672. The maximum absolute atomic E-state index is 12.7. The van der Waals surface area contributed by atoms with Gasteiger partial charge in [-0.2, -0.15) is 30.7 Å². The van der Waals surface area contributed by atoms with Crippen LogP contribution >= 0.6 is 0 Å². The minimum atomic E-state index is -6.54. The predicted molar refractivity (Wildman–Crippen MR) is 44.6 cm³/mol. The normalized spacial score (nSPS) is 14.8. The third-order valence-corrected chi connectivity index (χ3v) is 1.61. The third kappa shape index (κ3) is 3.19. The summed E-state index contributed by atoms with van der Waals surface area (Å²) in [6, 6.07) is 0. The van der Waals surface area contributed by atoms with E-state index >= 15 is 0 Å². The quantitative estimate of drug-likeness (QED) is 0.516. The number of allylic oxidation sites excluding steroid dienone is 4. The SMILES string of the molecule is CC(C)=CC=C(F)C(F)(F)C(F)(F)C(F)(F)F. The lowest BCUT2D eigenvalue weighted by atomic mass is 10.1. The molecule has 0 bridgehead atoms. The van der Waals surface area contributed by atoms with Gasteiger partial charge < -0.3 is 0 Å². The highest BCUT2D eigenvalue weighted by Crippen LogP contribution is 2.50. The number of hydrogen-bond acceptors (Lipinski definition) is 0. The average molecular weight is 268 g/mol. The van der Waals surface area contributed by atoms with E-state index in [1.165, 1.54) is 13.8 Å². The van der Waals surface area contributed by atoms with Crippen LogP contribution in [0.25, 0.3) is 0 Å². The van der Waals surface area contributed by atoms with Gasteiger partial charge in [-0.05, 0) is 19.9 Å². The van der Waals surface area contributed by atoms with E-state index in [-0.39, 0.29) is 11.6 Å². The molecule has 0 rings (SSSR count). The van der Waals surface area contributed by atoms with Crippen molar-refractivity contribution in [1.82, 2.24) is 0 Å². The first-order chi connectivity index (χ1) is 7.34. The second-order valence-corrected chi connectivity index (χ2v) is 3.41. The van der Waals surface area contributed by atoms with Crippen molar-refractivity contribution in [2.75, 3.05) is 0 Å². The second kappa shape index (κ2) is 4.66. The molecule has 0 aromatic carbocycles. The molecule has 0 heterocycles. The molecule has 0 saturated carbocycles. The summed E-state index contributed by atoms with van der Waals surface area (Å²) in [5, 5.41) is 0. The lowest BCUT2D eigenvalue weighted by Gasteiger charge is -2.26. The second-order valence-electron chi connectivity index (χ2n) is 3.41. The highest BCUT2D eigenvalue weighted by atomic mass is 19.4. The summed E-state index contributed by atoms with van der Waals surface area (Å²) in [5.41, 5.74) is 0.256. The van der Waals surface area contributed by atoms with E-state index in [4.69, 9.17) is 0 Å². The van der Waals surface area contributed by atoms with Crippen molar-refractivity contribution < 1.29 is 35.1 Å². The largest absolute Gasteiger partial charge is 0.460 e. The molecule has 0 aromatic heterocycles. The van der Waals surface area contributed by atoms with E-state index in [9.17, 15) is 35.1 Å². The molecular weight excluding hydrogens is 260 g/mol. The van der Waals surface area contributed by atoms with Crippen LogP contribution in [-0.4, -0.2) is 18.0 Å². The highest BCUT2D eigenvalue weighted by molar-refractivity contribution is 5.20. The van der Waals surface area contributed by atoms with Gasteiger partial charge in [0.15, 0.2) is 5.83 Å². The molecule has 0 atom stereocenters. The summed E-state index contributed by atoms with van der Waals surface area (Å²) in [6.07, 6.45) is -5.99. The van der Waals surface area contributed by atoms with E-state index in [0.717, 1.165) is 0 Å². The predicted octanol–water partition coefficient (Wildman–Crippen LogP) is 4.64. The van der Waals surface area contributed by atoms with Gasteiger partial charge >= 0.3 is 18.0 Å². The van der Waals surface area contributed by atoms with Crippen LogP contribution in [-0.2, 0) is 0 Å². The van der Waals surface area contributed by atoms with Gasteiger partial charge in [0.1, 0.15) is 0 Å². The van der Waals surface area contributed by atoms with Crippen molar-refractivity contribution in [2.24, 2.45) is 0 Å². The van der Waals surface area contributed by atoms with Crippen molar-refractivity contribution in [3.05, 3.63) is 23.6 Å². The van der Waals surface area contributed by atoms with Gasteiger partial charge in [-0.3, -0.25) is 0 Å². The summed E-state index contributed by atoms with van der Waals surface area (Å²) >= 11 is 0. The molecule has 0 aliphatic heterocycles. The van der Waals surface area contributed by atoms with E-state index in [1.54, 1.807) is 0 Å².